The summed E-state index contributed by atoms with van der Waals surface area (Å²) in [5.74, 6) is 0.931. The van der Waals surface area contributed by atoms with Crippen molar-refractivity contribution < 1.29 is 0 Å². The summed E-state index contributed by atoms with van der Waals surface area (Å²) in [5, 5.41) is 4.21. The van der Waals surface area contributed by atoms with Crippen molar-refractivity contribution in [3.05, 3.63) is 28.2 Å². The van der Waals surface area contributed by atoms with E-state index in [1.165, 1.54) is 0 Å². The Hall–Kier alpha value is -1.27. The Bertz CT molecular complexity index is 488. The molecule has 2 aromatic heterocycles. The first-order chi connectivity index (χ1) is 8.09. The van der Waals surface area contributed by atoms with Gasteiger partial charge >= 0.3 is 0 Å². The molecule has 0 bridgehead atoms. The van der Waals surface area contributed by atoms with Gasteiger partial charge in [0, 0.05) is 23.4 Å². The molecule has 2 rings (SSSR count). The molecule has 2 aromatic rings. The number of thiazole rings is 1. The molecule has 92 valence electrons. The molecule has 2 N–H and O–H groups in total. The van der Waals surface area contributed by atoms with Crippen LogP contribution in [0.4, 0.5) is 0 Å². The average Bonchev–Trinajstić information content (AvgIpc) is 2.86. The van der Waals surface area contributed by atoms with E-state index >= 15 is 0 Å². The minimum Gasteiger partial charge on any atom is -0.323 e. The lowest BCUT2D eigenvalue weighted by molar-refractivity contribution is 0.494. The summed E-state index contributed by atoms with van der Waals surface area (Å²) < 4.78 is 1.91. The van der Waals surface area contributed by atoms with Gasteiger partial charge in [-0.1, -0.05) is 0 Å². The molecule has 2 heterocycles. The first kappa shape index (κ1) is 12.2. The SMILES string of the molecule is Cc1ncsc1C(N)Cc1ncnn1C(C)C. The number of nitrogens with two attached hydrogens (primary N) is 1. The molecule has 0 aliphatic carbocycles. The van der Waals surface area contributed by atoms with Crippen LogP contribution in [0.5, 0.6) is 0 Å². The molecule has 0 saturated heterocycles. The van der Waals surface area contributed by atoms with Crippen LogP contribution >= 0.6 is 11.3 Å². The van der Waals surface area contributed by atoms with E-state index in [4.69, 9.17) is 5.73 Å². The Morgan fingerprint density at radius 1 is 1.41 bits per heavy atom. The van der Waals surface area contributed by atoms with E-state index in [0.29, 0.717) is 12.5 Å². The van der Waals surface area contributed by atoms with Gasteiger partial charge in [0.15, 0.2) is 0 Å². The van der Waals surface area contributed by atoms with Crippen LogP contribution in [0, 0.1) is 6.92 Å². The lowest BCUT2D eigenvalue weighted by Gasteiger charge is -2.13. The highest BCUT2D eigenvalue weighted by Crippen LogP contribution is 2.22. The molecule has 0 fully saturated rings. The fourth-order valence-electron chi connectivity index (χ4n) is 1.81. The number of nitrogens with zero attached hydrogens (tertiary/aromatic N) is 4. The third kappa shape index (κ3) is 2.53. The van der Waals surface area contributed by atoms with Gasteiger partial charge in [-0.3, -0.25) is 0 Å². The molecule has 6 heteroatoms. The summed E-state index contributed by atoms with van der Waals surface area (Å²) in [6.07, 6.45) is 2.28. The zero-order valence-electron chi connectivity index (χ0n) is 10.3. The van der Waals surface area contributed by atoms with E-state index in [1.807, 2.05) is 17.1 Å². The van der Waals surface area contributed by atoms with Gasteiger partial charge in [-0.15, -0.1) is 11.3 Å². The van der Waals surface area contributed by atoms with Crippen LogP contribution in [0.2, 0.25) is 0 Å². The highest BCUT2D eigenvalue weighted by atomic mass is 32.1. The molecule has 0 aromatic carbocycles. The number of aromatic nitrogens is 4. The predicted octanol–water partition coefficient (Wildman–Crippen LogP) is 1.87. The average molecular weight is 251 g/mol. The Balaban J connectivity index is 2.16. The van der Waals surface area contributed by atoms with Crippen LogP contribution in [-0.2, 0) is 6.42 Å². The fourth-order valence-corrected chi connectivity index (χ4v) is 2.61. The standard InChI is InChI=1S/C11H17N5S/c1-7(2)16-10(13-5-15-16)4-9(12)11-8(3)14-6-17-11/h5-7,9H,4,12H2,1-3H3. The highest BCUT2D eigenvalue weighted by molar-refractivity contribution is 7.09. The van der Waals surface area contributed by atoms with Crippen molar-refractivity contribution in [1.82, 2.24) is 19.7 Å². The van der Waals surface area contributed by atoms with Gasteiger partial charge in [0.1, 0.15) is 12.2 Å². The summed E-state index contributed by atoms with van der Waals surface area (Å²) in [5.41, 5.74) is 9.03. The predicted molar refractivity (Wildman–Crippen MR) is 67.9 cm³/mol. The molecule has 1 unspecified atom stereocenters. The first-order valence-electron chi connectivity index (χ1n) is 5.63. The van der Waals surface area contributed by atoms with Gasteiger partial charge in [0.2, 0.25) is 0 Å². The first-order valence-corrected chi connectivity index (χ1v) is 6.51. The largest absolute Gasteiger partial charge is 0.323 e. The van der Waals surface area contributed by atoms with E-state index in [0.717, 1.165) is 16.4 Å². The van der Waals surface area contributed by atoms with Gasteiger partial charge in [-0.25, -0.2) is 14.6 Å². The lowest BCUT2D eigenvalue weighted by atomic mass is 10.1. The van der Waals surface area contributed by atoms with E-state index < -0.39 is 0 Å². The van der Waals surface area contributed by atoms with Crippen LogP contribution in [0.3, 0.4) is 0 Å². The molecular formula is C11H17N5S. The molecule has 1 atom stereocenters. The van der Waals surface area contributed by atoms with E-state index in [-0.39, 0.29) is 6.04 Å². The Morgan fingerprint density at radius 2 is 2.18 bits per heavy atom. The van der Waals surface area contributed by atoms with Crippen molar-refractivity contribution in [3.63, 3.8) is 0 Å². The summed E-state index contributed by atoms with van der Waals surface area (Å²) in [6.45, 7) is 6.15. The molecule has 0 radical (unpaired) electrons. The number of hydrogen-bond donors (Lipinski definition) is 1. The van der Waals surface area contributed by atoms with Crippen LogP contribution in [0.1, 0.15) is 42.3 Å². The van der Waals surface area contributed by atoms with Gasteiger partial charge < -0.3 is 5.73 Å². The second-order valence-electron chi connectivity index (χ2n) is 4.33. The third-order valence-electron chi connectivity index (χ3n) is 2.66. The number of hydrogen-bond acceptors (Lipinski definition) is 5. The Labute approximate surface area is 105 Å². The monoisotopic (exact) mass is 251 g/mol. The van der Waals surface area contributed by atoms with Crippen LogP contribution in [0.15, 0.2) is 11.8 Å². The molecule has 0 aliphatic heterocycles. The van der Waals surface area contributed by atoms with Crippen molar-refractivity contribution in [2.75, 3.05) is 0 Å². The zero-order chi connectivity index (χ0) is 12.4. The van der Waals surface area contributed by atoms with Crippen LogP contribution in [-0.4, -0.2) is 19.7 Å². The van der Waals surface area contributed by atoms with E-state index in [9.17, 15) is 0 Å². The topological polar surface area (TPSA) is 69.6 Å². The third-order valence-corrected chi connectivity index (χ3v) is 3.72. The fraction of sp³-hybridized carbons (Fsp3) is 0.545. The zero-order valence-corrected chi connectivity index (χ0v) is 11.1. The molecule has 17 heavy (non-hydrogen) atoms. The van der Waals surface area contributed by atoms with Crippen molar-refractivity contribution >= 4 is 11.3 Å². The minimum atomic E-state index is -0.0517. The molecule has 5 nitrogen and oxygen atoms in total. The molecule has 0 saturated carbocycles. The van der Waals surface area contributed by atoms with E-state index in [2.05, 4.69) is 28.9 Å². The highest BCUT2D eigenvalue weighted by Gasteiger charge is 2.16. The summed E-state index contributed by atoms with van der Waals surface area (Å²) in [6, 6.07) is 0.256. The molecular weight excluding hydrogens is 234 g/mol. The summed E-state index contributed by atoms with van der Waals surface area (Å²) >= 11 is 1.60. The van der Waals surface area contributed by atoms with Gasteiger partial charge in [-0.05, 0) is 20.8 Å². The summed E-state index contributed by atoms with van der Waals surface area (Å²) in [7, 11) is 0. The van der Waals surface area contributed by atoms with Crippen molar-refractivity contribution in [1.29, 1.82) is 0 Å². The Kier molecular flexibility index (Phi) is 3.54. The van der Waals surface area contributed by atoms with Gasteiger partial charge in [-0.2, -0.15) is 5.10 Å². The van der Waals surface area contributed by atoms with Crippen molar-refractivity contribution in [3.8, 4) is 0 Å². The number of aryl methyl sites for hydroxylation is 1. The quantitative estimate of drug-likeness (QED) is 0.900. The molecule has 0 spiro atoms. The maximum atomic E-state index is 6.19. The van der Waals surface area contributed by atoms with Gasteiger partial charge in [0.05, 0.1) is 11.2 Å². The Morgan fingerprint density at radius 3 is 2.76 bits per heavy atom. The van der Waals surface area contributed by atoms with Crippen molar-refractivity contribution in [2.24, 2.45) is 5.73 Å². The van der Waals surface area contributed by atoms with Crippen LogP contribution < -0.4 is 5.73 Å². The minimum absolute atomic E-state index is 0.0517. The normalized spacial score (nSPS) is 13.2. The van der Waals surface area contributed by atoms with Crippen molar-refractivity contribution in [2.45, 2.75) is 39.3 Å². The maximum Gasteiger partial charge on any atom is 0.138 e. The maximum absolute atomic E-state index is 6.19. The second-order valence-corrected chi connectivity index (χ2v) is 5.21. The molecule has 0 aliphatic rings. The van der Waals surface area contributed by atoms with E-state index in [1.54, 1.807) is 17.7 Å². The van der Waals surface area contributed by atoms with Gasteiger partial charge in [0.25, 0.3) is 0 Å². The second kappa shape index (κ2) is 4.93. The number of rotatable bonds is 4. The van der Waals surface area contributed by atoms with Crippen LogP contribution in [0.25, 0.3) is 0 Å². The smallest absolute Gasteiger partial charge is 0.138 e. The lowest BCUT2D eigenvalue weighted by Crippen LogP contribution is -2.17. The molecule has 0 amide bonds. The summed E-state index contributed by atoms with van der Waals surface area (Å²) in [4.78, 5) is 9.62.